The molecule has 10 aromatic rings. The minimum Gasteiger partial charge on any atom is -0.455 e. The summed E-state index contributed by atoms with van der Waals surface area (Å²) in [4.78, 5) is 6.38. The molecule has 63 heavy (non-hydrogen) atoms. The van der Waals surface area contributed by atoms with Crippen molar-refractivity contribution in [3.63, 3.8) is 0 Å². The van der Waals surface area contributed by atoms with Crippen molar-refractivity contribution in [2.75, 3.05) is 4.90 Å². The Balaban J connectivity index is 1.31. The number of rotatable bonds is 6. The molecule has 0 atom stereocenters. The Morgan fingerprint density at radius 1 is 0.381 bits per heavy atom. The zero-order valence-corrected chi connectivity index (χ0v) is 38.0. The van der Waals surface area contributed by atoms with Gasteiger partial charge in [0.25, 0.3) is 0 Å². The maximum atomic E-state index is 6.97. The van der Waals surface area contributed by atoms with Crippen molar-refractivity contribution < 1.29 is 4.42 Å². The molecule has 3 heteroatoms. The number of fused-ring (bicyclic) bond motifs is 6. The van der Waals surface area contributed by atoms with E-state index in [2.05, 4.69) is 242 Å². The van der Waals surface area contributed by atoms with Crippen molar-refractivity contribution in [3.05, 3.63) is 187 Å². The molecule has 312 valence electrons. The van der Waals surface area contributed by atoms with Crippen LogP contribution in [0.25, 0.3) is 77.1 Å². The number of para-hydroxylation sites is 1. The largest absolute Gasteiger partial charge is 0.455 e. The standard InChI is InChI=1S/C60H56N2O/c1-58(2,3)42-24-27-45(28-25-42)62(46-31-40(38-18-12-10-13-19-38)30-41(32-46)39-20-14-11-15-21-39)47-36-52-48-22-16-17-23-55(48)63-57(52)53(37-47)51-35-44(60(7,8)9)34-50-49-33-43(59(4,5)6)26-29-54(49)61-56(50)51/h10-37,61H,1-9H3. The fourth-order valence-electron chi connectivity index (χ4n) is 9.15. The Kier molecular flexibility index (Phi) is 9.53. The lowest BCUT2D eigenvalue weighted by Gasteiger charge is -2.29. The second-order valence-electron chi connectivity index (χ2n) is 20.4. The van der Waals surface area contributed by atoms with Crippen molar-refractivity contribution >= 4 is 60.8 Å². The highest BCUT2D eigenvalue weighted by atomic mass is 16.3. The van der Waals surface area contributed by atoms with Gasteiger partial charge < -0.3 is 14.3 Å². The van der Waals surface area contributed by atoms with Crippen molar-refractivity contribution in [1.29, 1.82) is 0 Å². The van der Waals surface area contributed by atoms with Crippen LogP contribution in [0.5, 0.6) is 0 Å². The fourth-order valence-corrected chi connectivity index (χ4v) is 9.15. The van der Waals surface area contributed by atoms with Gasteiger partial charge in [-0.1, -0.05) is 159 Å². The summed E-state index contributed by atoms with van der Waals surface area (Å²) in [5.41, 5.74) is 17.9. The maximum Gasteiger partial charge on any atom is 0.143 e. The zero-order chi connectivity index (χ0) is 43.8. The summed E-state index contributed by atoms with van der Waals surface area (Å²) in [6, 6.07) is 62.6. The van der Waals surface area contributed by atoms with Gasteiger partial charge in [0.1, 0.15) is 11.2 Å². The molecule has 0 aliphatic heterocycles. The van der Waals surface area contributed by atoms with Crippen LogP contribution < -0.4 is 4.90 Å². The van der Waals surface area contributed by atoms with Gasteiger partial charge in [0.05, 0.1) is 5.52 Å². The van der Waals surface area contributed by atoms with Gasteiger partial charge in [0.15, 0.2) is 0 Å². The molecule has 2 aromatic heterocycles. The van der Waals surface area contributed by atoms with Gasteiger partial charge in [0, 0.05) is 55.3 Å². The van der Waals surface area contributed by atoms with Crippen molar-refractivity contribution in [3.8, 4) is 33.4 Å². The summed E-state index contributed by atoms with van der Waals surface area (Å²) in [5, 5.41) is 4.65. The van der Waals surface area contributed by atoms with Crippen LogP contribution in [0.2, 0.25) is 0 Å². The van der Waals surface area contributed by atoms with Gasteiger partial charge in [-0.15, -0.1) is 0 Å². The quantitative estimate of drug-likeness (QED) is 0.181. The van der Waals surface area contributed by atoms with E-state index in [1.807, 2.05) is 0 Å². The molecule has 10 rings (SSSR count). The Morgan fingerprint density at radius 2 is 0.937 bits per heavy atom. The normalized spacial score (nSPS) is 12.5. The molecule has 0 fully saturated rings. The molecule has 2 heterocycles. The van der Waals surface area contributed by atoms with Gasteiger partial charge in [0.2, 0.25) is 0 Å². The van der Waals surface area contributed by atoms with Crippen LogP contribution in [-0.4, -0.2) is 4.98 Å². The highest BCUT2D eigenvalue weighted by Crippen LogP contribution is 2.48. The van der Waals surface area contributed by atoms with Gasteiger partial charge in [-0.05, 0) is 128 Å². The summed E-state index contributed by atoms with van der Waals surface area (Å²) in [5.74, 6) is 0. The van der Waals surface area contributed by atoms with Crippen LogP contribution in [-0.2, 0) is 16.2 Å². The lowest BCUT2D eigenvalue weighted by atomic mass is 9.83. The monoisotopic (exact) mass is 820 g/mol. The van der Waals surface area contributed by atoms with E-state index < -0.39 is 0 Å². The van der Waals surface area contributed by atoms with Gasteiger partial charge >= 0.3 is 0 Å². The number of benzene rings is 8. The minimum absolute atomic E-state index is 0.00945. The van der Waals surface area contributed by atoms with Crippen LogP contribution in [0.4, 0.5) is 17.1 Å². The second kappa shape index (κ2) is 14.9. The molecule has 0 unspecified atom stereocenters. The van der Waals surface area contributed by atoms with Gasteiger partial charge in [-0.2, -0.15) is 0 Å². The van der Waals surface area contributed by atoms with Crippen molar-refractivity contribution in [2.45, 2.75) is 78.6 Å². The number of anilines is 3. The number of furan rings is 1. The lowest BCUT2D eigenvalue weighted by Crippen LogP contribution is -2.13. The molecule has 0 spiro atoms. The Hall–Kier alpha value is -6.84. The number of aromatic nitrogens is 1. The predicted molar refractivity (Wildman–Crippen MR) is 270 cm³/mol. The highest BCUT2D eigenvalue weighted by molar-refractivity contribution is 6.17. The molecular formula is C60H56N2O. The topological polar surface area (TPSA) is 32.2 Å². The average Bonchev–Trinajstić information content (AvgIpc) is 3.84. The van der Waals surface area contributed by atoms with E-state index in [9.17, 15) is 0 Å². The van der Waals surface area contributed by atoms with E-state index in [0.717, 1.165) is 72.3 Å². The second-order valence-corrected chi connectivity index (χ2v) is 20.4. The van der Waals surface area contributed by atoms with E-state index in [4.69, 9.17) is 4.42 Å². The third kappa shape index (κ3) is 7.40. The molecule has 0 aliphatic rings. The zero-order valence-electron chi connectivity index (χ0n) is 38.0. The van der Waals surface area contributed by atoms with Gasteiger partial charge in [-0.3, -0.25) is 0 Å². The number of nitrogens with one attached hydrogen (secondary N) is 1. The molecule has 0 radical (unpaired) electrons. The SMILES string of the molecule is CC(C)(C)c1ccc(N(c2cc(-c3ccccc3)cc(-c3ccccc3)c2)c2cc(-c3cc(C(C)(C)C)cc4c3[nH]c3ccc(C(C)(C)C)cc34)c3oc4ccccc4c3c2)cc1. The van der Waals surface area contributed by atoms with Crippen LogP contribution in [0.3, 0.4) is 0 Å². The van der Waals surface area contributed by atoms with E-state index in [1.165, 1.54) is 38.6 Å². The Bertz CT molecular complexity index is 3250. The summed E-state index contributed by atoms with van der Waals surface area (Å²) in [6.45, 7) is 20.6. The predicted octanol–water partition coefficient (Wildman–Crippen LogP) is 17.6. The van der Waals surface area contributed by atoms with E-state index >= 15 is 0 Å². The third-order valence-electron chi connectivity index (χ3n) is 12.8. The molecule has 1 N–H and O–H groups in total. The molecular weight excluding hydrogens is 765 g/mol. The average molecular weight is 821 g/mol. The first-order valence-electron chi connectivity index (χ1n) is 22.3. The minimum atomic E-state index is -0.106. The van der Waals surface area contributed by atoms with Crippen molar-refractivity contribution in [2.24, 2.45) is 0 Å². The molecule has 0 bridgehead atoms. The summed E-state index contributed by atoms with van der Waals surface area (Å²) < 4.78 is 6.97. The molecule has 8 aromatic carbocycles. The summed E-state index contributed by atoms with van der Waals surface area (Å²) >= 11 is 0. The summed E-state index contributed by atoms with van der Waals surface area (Å²) in [6.07, 6.45) is 0. The third-order valence-corrected chi connectivity index (χ3v) is 12.8. The first-order chi connectivity index (χ1) is 30.1. The van der Waals surface area contributed by atoms with Crippen LogP contribution in [0.15, 0.2) is 174 Å². The fraction of sp³-hybridized carbons (Fsp3) is 0.200. The van der Waals surface area contributed by atoms with Crippen molar-refractivity contribution in [1.82, 2.24) is 4.98 Å². The van der Waals surface area contributed by atoms with E-state index in [0.29, 0.717) is 0 Å². The first kappa shape index (κ1) is 40.2. The van der Waals surface area contributed by atoms with E-state index in [-0.39, 0.29) is 16.2 Å². The molecule has 0 saturated heterocycles. The Labute approximate surface area is 372 Å². The Morgan fingerprint density at radius 3 is 1.56 bits per heavy atom. The highest BCUT2D eigenvalue weighted by Gasteiger charge is 2.26. The lowest BCUT2D eigenvalue weighted by molar-refractivity contribution is 0.590. The van der Waals surface area contributed by atoms with Crippen LogP contribution >= 0.6 is 0 Å². The molecule has 0 saturated carbocycles. The number of nitrogens with zero attached hydrogens (tertiary/aromatic N) is 1. The molecule has 3 nitrogen and oxygen atoms in total. The molecule has 0 aliphatic carbocycles. The number of aromatic amines is 1. The summed E-state index contributed by atoms with van der Waals surface area (Å²) in [7, 11) is 0. The maximum absolute atomic E-state index is 6.97. The van der Waals surface area contributed by atoms with E-state index in [1.54, 1.807) is 0 Å². The smallest absolute Gasteiger partial charge is 0.143 e. The van der Waals surface area contributed by atoms with Gasteiger partial charge in [-0.25, -0.2) is 0 Å². The number of H-pyrrole nitrogens is 1. The number of hydrogen-bond acceptors (Lipinski definition) is 2. The van der Waals surface area contributed by atoms with Crippen LogP contribution in [0, 0.1) is 0 Å². The first-order valence-corrected chi connectivity index (χ1v) is 22.3. The number of hydrogen-bond donors (Lipinski definition) is 1. The van der Waals surface area contributed by atoms with Crippen LogP contribution in [0.1, 0.15) is 79.0 Å². The molecule has 0 amide bonds.